The normalized spacial score (nSPS) is 10.8. The van der Waals surface area contributed by atoms with Gasteiger partial charge in [0.1, 0.15) is 0 Å². The lowest BCUT2D eigenvalue weighted by Gasteiger charge is -2.21. The highest BCUT2D eigenvalue weighted by Gasteiger charge is 2.19. The number of benzene rings is 1. The predicted octanol–water partition coefficient (Wildman–Crippen LogP) is 4.05. The summed E-state index contributed by atoms with van der Waals surface area (Å²) in [6, 6.07) is 4.54. The molecule has 0 aliphatic rings. The van der Waals surface area contributed by atoms with Gasteiger partial charge in [-0.15, -0.1) is 11.6 Å². The molecule has 0 atom stereocenters. The lowest BCUT2D eigenvalue weighted by atomic mass is 10.2. The van der Waals surface area contributed by atoms with Crippen molar-refractivity contribution in [3.8, 4) is 0 Å². The quantitative estimate of drug-likeness (QED) is 0.725. The van der Waals surface area contributed by atoms with Crippen molar-refractivity contribution >= 4 is 45.0 Å². The van der Waals surface area contributed by atoms with Crippen LogP contribution >= 0.6 is 39.1 Å². The van der Waals surface area contributed by atoms with Crippen molar-refractivity contribution in [1.29, 1.82) is 0 Å². The van der Waals surface area contributed by atoms with Crippen LogP contribution in [0.15, 0.2) is 22.7 Å². The molecule has 1 amide bonds. The molecule has 0 unspecified atom stereocenters. The Morgan fingerprint density at radius 3 is 2.61 bits per heavy atom. The largest absolute Gasteiger partial charge is 0.332 e. The molecule has 0 saturated heterocycles. The maximum absolute atomic E-state index is 12.4. The van der Waals surface area contributed by atoms with Gasteiger partial charge in [0.05, 0.1) is 11.6 Å². The third-order valence-electron chi connectivity index (χ3n) is 2.17. The van der Waals surface area contributed by atoms with Crippen molar-refractivity contribution < 1.29 is 13.6 Å². The Kier molecular flexibility index (Phi) is 6.32. The molecule has 0 aliphatic carbocycles. The lowest BCUT2D eigenvalue weighted by molar-refractivity contribution is 0.0571. The summed E-state index contributed by atoms with van der Waals surface area (Å²) in [5.41, 5.74) is 0.258. The van der Waals surface area contributed by atoms with Gasteiger partial charge < -0.3 is 4.90 Å². The van der Waals surface area contributed by atoms with Gasteiger partial charge in [-0.25, -0.2) is 8.78 Å². The maximum atomic E-state index is 12.4. The molecule has 0 heterocycles. The standard InChI is InChI=1S/C11H10BrCl2F2NO/c12-8-2-1-7(5-9(8)14)11(18)17(4-3-13)6-10(15)16/h1-2,5,10H,3-4,6H2. The van der Waals surface area contributed by atoms with Gasteiger partial charge in [-0.1, -0.05) is 11.6 Å². The highest BCUT2D eigenvalue weighted by Crippen LogP contribution is 2.24. The van der Waals surface area contributed by atoms with E-state index >= 15 is 0 Å². The average Bonchev–Trinajstić information content (AvgIpc) is 2.31. The number of nitrogens with zero attached hydrogens (tertiary/aromatic N) is 1. The molecule has 1 aromatic rings. The Labute approximate surface area is 122 Å². The Morgan fingerprint density at radius 2 is 2.11 bits per heavy atom. The molecule has 1 rings (SSSR count). The average molecular weight is 361 g/mol. The molecule has 0 saturated carbocycles. The first kappa shape index (κ1) is 15.7. The molecule has 2 nitrogen and oxygen atoms in total. The van der Waals surface area contributed by atoms with Gasteiger partial charge in [-0.3, -0.25) is 4.79 Å². The summed E-state index contributed by atoms with van der Waals surface area (Å²) in [5, 5.41) is 0.351. The monoisotopic (exact) mass is 359 g/mol. The number of carbonyl (C=O) groups is 1. The number of amides is 1. The van der Waals surface area contributed by atoms with Gasteiger partial charge in [0.2, 0.25) is 0 Å². The van der Waals surface area contributed by atoms with Crippen LogP contribution in [0.4, 0.5) is 8.78 Å². The van der Waals surface area contributed by atoms with Crippen LogP contribution in [0.2, 0.25) is 5.02 Å². The molecule has 1 aromatic carbocycles. The van der Waals surface area contributed by atoms with Crippen LogP contribution < -0.4 is 0 Å². The van der Waals surface area contributed by atoms with Crippen LogP contribution in [0.1, 0.15) is 10.4 Å². The van der Waals surface area contributed by atoms with Crippen LogP contribution in [0.5, 0.6) is 0 Å². The zero-order valence-corrected chi connectivity index (χ0v) is 12.3. The summed E-state index contributed by atoms with van der Waals surface area (Å²) < 4.78 is 25.4. The Morgan fingerprint density at radius 1 is 1.44 bits per heavy atom. The van der Waals surface area contributed by atoms with Gasteiger partial charge in [-0.2, -0.15) is 0 Å². The molecule has 0 radical (unpaired) electrons. The first-order valence-corrected chi connectivity index (χ1v) is 6.74. The van der Waals surface area contributed by atoms with Gasteiger partial charge in [0, 0.05) is 22.5 Å². The second-order valence-electron chi connectivity index (χ2n) is 3.46. The minimum atomic E-state index is -2.59. The van der Waals surface area contributed by atoms with Gasteiger partial charge in [0.15, 0.2) is 0 Å². The SMILES string of the molecule is O=C(c1ccc(Br)c(Cl)c1)N(CCCl)CC(F)F. The summed E-state index contributed by atoms with van der Waals surface area (Å²) >= 11 is 14.5. The fourth-order valence-corrected chi connectivity index (χ4v) is 1.99. The first-order chi connectivity index (χ1) is 8.45. The summed E-state index contributed by atoms with van der Waals surface area (Å²) in [7, 11) is 0. The molecular formula is C11H10BrCl2F2NO. The van der Waals surface area contributed by atoms with E-state index in [1.807, 2.05) is 0 Å². The van der Waals surface area contributed by atoms with Crippen LogP contribution in [0, 0.1) is 0 Å². The predicted molar refractivity (Wildman–Crippen MR) is 71.8 cm³/mol. The summed E-state index contributed by atoms with van der Waals surface area (Å²) in [5.74, 6) is -0.409. The minimum Gasteiger partial charge on any atom is -0.332 e. The smallest absolute Gasteiger partial charge is 0.255 e. The molecule has 0 fully saturated rings. The number of hydrogen-bond donors (Lipinski definition) is 0. The number of hydrogen-bond acceptors (Lipinski definition) is 1. The van der Waals surface area contributed by atoms with Crippen LogP contribution in [0.25, 0.3) is 0 Å². The van der Waals surface area contributed by atoms with E-state index in [9.17, 15) is 13.6 Å². The summed E-state index contributed by atoms with van der Waals surface area (Å²) in [6.45, 7) is -0.572. The van der Waals surface area contributed by atoms with Gasteiger partial charge in [0.25, 0.3) is 12.3 Å². The third kappa shape index (κ3) is 4.37. The van der Waals surface area contributed by atoms with Crippen molar-refractivity contribution in [1.82, 2.24) is 4.90 Å². The van der Waals surface area contributed by atoms with Crippen molar-refractivity contribution in [3.05, 3.63) is 33.3 Å². The zero-order chi connectivity index (χ0) is 13.7. The fraction of sp³-hybridized carbons (Fsp3) is 0.364. The molecular weight excluding hydrogens is 351 g/mol. The van der Waals surface area contributed by atoms with E-state index in [1.54, 1.807) is 6.07 Å². The lowest BCUT2D eigenvalue weighted by Crippen LogP contribution is -2.36. The Balaban J connectivity index is 2.90. The number of halogens is 5. The third-order valence-corrected chi connectivity index (χ3v) is 3.57. The number of rotatable bonds is 5. The number of alkyl halides is 3. The second kappa shape index (κ2) is 7.26. The minimum absolute atomic E-state index is 0.0679. The van der Waals surface area contributed by atoms with E-state index in [0.29, 0.717) is 9.50 Å². The van der Waals surface area contributed by atoms with E-state index in [-0.39, 0.29) is 18.0 Å². The van der Waals surface area contributed by atoms with Crippen molar-refractivity contribution in [3.63, 3.8) is 0 Å². The molecule has 100 valence electrons. The van der Waals surface area contributed by atoms with Crippen molar-refractivity contribution in [2.45, 2.75) is 6.43 Å². The summed E-state index contributed by atoms with van der Waals surface area (Å²) in [6.07, 6.45) is -2.59. The van der Waals surface area contributed by atoms with Crippen molar-refractivity contribution in [2.75, 3.05) is 19.0 Å². The van der Waals surface area contributed by atoms with Gasteiger partial charge in [-0.05, 0) is 34.1 Å². The molecule has 0 spiro atoms. The number of carbonyl (C=O) groups excluding carboxylic acids is 1. The van der Waals surface area contributed by atoms with Crippen LogP contribution in [-0.2, 0) is 0 Å². The van der Waals surface area contributed by atoms with Crippen molar-refractivity contribution in [2.24, 2.45) is 0 Å². The molecule has 7 heteroatoms. The van der Waals surface area contributed by atoms with E-state index in [4.69, 9.17) is 23.2 Å². The summed E-state index contributed by atoms with van der Waals surface area (Å²) in [4.78, 5) is 13.0. The molecule has 0 aliphatic heterocycles. The molecule has 0 aromatic heterocycles. The molecule has 0 N–H and O–H groups in total. The zero-order valence-electron chi connectivity index (χ0n) is 9.18. The van der Waals surface area contributed by atoms with E-state index in [0.717, 1.165) is 4.90 Å². The van der Waals surface area contributed by atoms with Crippen LogP contribution in [0.3, 0.4) is 0 Å². The highest BCUT2D eigenvalue weighted by atomic mass is 79.9. The second-order valence-corrected chi connectivity index (χ2v) is 5.10. The van der Waals surface area contributed by atoms with E-state index < -0.39 is 18.9 Å². The van der Waals surface area contributed by atoms with E-state index in [1.165, 1.54) is 12.1 Å². The van der Waals surface area contributed by atoms with E-state index in [2.05, 4.69) is 15.9 Å². The molecule has 0 bridgehead atoms. The Bertz CT molecular complexity index is 432. The highest BCUT2D eigenvalue weighted by molar-refractivity contribution is 9.10. The topological polar surface area (TPSA) is 20.3 Å². The van der Waals surface area contributed by atoms with Crippen LogP contribution in [-0.4, -0.2) is 36.2 Å². The maximum Gasteiger partial charge on any atom is 0.255 e. The molecule has 18 heavy (non-hydrogen) atoms. The first-order valence-electron chi connectivity index (χ1n) is 5.04. The van der Waals surface area contributed by atoms with Gasteiger partial charge >= 0.3 is 0 Å². The fourth-order valence-electron chi connectivity index (χ4n) is 1.36. The Hall–Kier alpha value is -0.390.